The fraction of sp³-hybridized carbons (Fsp3) is 0.190. The van der Waals surface area contributed by atoms with Crippen molar-refractivity contribution in [3.63, 3.8) is 0 Å². The van der Waals surface area contributed by atoms with Gasteiger partial charge < -0.3 is 15.0 Å². The number of fused-ring (bicyclic) bond motifs is 1. The van der Waals surface area contributed by atoms with E-state index in [1.807, 2.05) is 0 Å². The molecule has 1 N–H and O–H groups in total. The summed E-state index contributed by atoms with van der Waals surface area (Å²) < 4.78 is 44.7. The number of carbonyl (C=O) groups is 2. The first-order valence-corrected chi connectivity index (χ1v) is 9.40. The summed E-state index contributed by atoms with van der Waals surface area (Å²) in [6.07, 6.45) is -3.06. The van der Waals surface area contributed by atoms with E-state index in [2.05, 4.69) is 10.3 Å². The molecule has 3 aromatic rings. The second kappa shape index (κ2) is 9.22. The van der Waals surface area contributed by atoms with Gasteiger partial charge in [0.05, 0.1) is 22.8 Å². The van der Waals surface area contributed by atoms with Crippen molar-refractivity contribution in [3.8, 4) is 5.75 Å². The standard InChI is InChI=1S/C21H17ClF3N3O3/c1-28(11-18(29)27-16-7-3-2-6-14(16)21(23,24)25)19(30)12-31-17-9-8-15(22)13-5-4-10-26-20(13)17/h2-10H,11-12H2,1H3,(H,27,29). The normalized spacial score (nSPS) is 11.3. The van der Waals surface area contributed by atoms with E-state index >= 15 is 0 Å². The molecule has 2 aromatic carbocycles. The zero-order valence-corrected chi connectivity index (χ0v) is 17.0. The highest BCUT2D eigenvalue weighted by molar-refractivity contribution is 6.35. The van der Waals surface area contributed by atoms with Crippen LogP contribution in [0.1, 0.15) is 5.56 Å². The van der Waals surface area contributed by atoms with Gasteiger partial charge in [0.1, 0.15) is 11.3 Å². The lowest BCUT2D eigenvalue weighted by atomic mass is 10.1. The minimum absolute atomic E-state index is 0.338. The van der Waals surface area contributed by atoms with Crippen molar-refractivity contribution in [1.29, 1.82) is 0 Å². The molecule has 2 amide bonds. The Morgan fingerprint density at radius 1 is 1.13 bits per heavy atom. The zero-order valence-electron chi connectivity index (χ0n) is 16.2. The summed E-state index contributed by atoms with van der Waals surface area (Å²) in [5.74, 6) is -0.977. The number of nitrogens with zero attached hydrogens (tertiary/aromatic N) is 2. The largest absolute Gasteiger partial charge is 0.481 e. The third-order valence-electron chi connectivity index (χ3n) is 4.34. The summed E-state index contributed by atoms with van der Waals surface area (Å²) in [4.78, 5) is 29.7. The van der Waals surface area contributed by atoms with Crippen molar-refractivity contribution in [2.24, 2.45) is 0 Å². The van der Waals surface area contributed by atoms with E-state index in [0.717, 1.165) is 17.0 Å². The number of likely N-dealkylation sites (N-methyl/N-ethyl adjacent to an activating group) is 1. The molecular weight excluding hydrogens is 435 g/mol. The van der Waals surface area contributed by atoms with E-state index in [9.17, 15) is 22.8 Å². The van der Waals surface area contributed by atoms with Gasteiger partial charge in [-0.2, -0.15) is 13.2 Å². The molecule has 0 aliphatic heterocycles. The molecule has 1 heterocycles. The van der Waals surface area contributed by atoms with Gasteiger partial charge in [0.25, 0.3) is 5.91 Å². The van der Waals surface area contributed by atoms with Crippen LogP contribution in [0.5, 0.6) is 5.75 Å². The van der Waals surface area contributed by atoms with Gasteiger partial charge in [-0.3, -0.25) is 14.6 Å². The van der Waals surface area contributed by atoms with E-state index < -0.39 is 36.7 Å². The van der Waals surface area contributed by atoms with Gasteiger partial charge in [0.15, 0.2) is 6.61 Å². The summed E-state index contributed by atoms with van der Waals surface area (Å²) in [7, 11) is 1.35. The van der Waals surface area contributed by atoms with Crippen molar-refractivity contribution in [3.05, 3.63) is 65.3 Å². The molecule has 0 radical (unpaired) electrons. The molecule has 0 aliphatic carbocycles. The number of hydrogen-bond acceptors (Lipinski definition) is 4. The van der Waals surface area contributed by atoms with Crippen LogP contribution in [0.3, 0.4) is 0 Å². The number of rotatable bonds is 6. The quantitative estimate of drug-likeness (QED) is 0.603. The first-order valence-electron chi connectivity index (χ1n) is 9.03. The lowest BCUT2D eigenvalue weighted by Gasteiger charge is -2.19. The predicted octanol–water partition coefficient (Wildman–Crippen LogP) is 4.38. The van der Waals surface area contributed by atoms with E-state index in [1.54, 1.807) is 30.5 Å². The molecular formula is C21H17ClF3N3O3. The van der Waals surface area contributed by atoms with Crippen LogP contribution in [-0.4, -0.2) is 41.9 Å². The van der Waals surface area contributed by atoms with Crippen LogP contribution in [0.2, 0.25) is 5.02 Å². The average Bonchev–Trinajstić information content (AvgIpc) is 2.72. The summed E-state index contributed by atoms with van der Waals surface area (Å²) in [5, 5.41) is 3.33. The second-order valence-electron chi connectivity index (χ2n) is 6.58. The number of benzene rings is 2. The van der Waals surface area contributed by atoms with E-state index in [-0.39, 0.29) is 5.69 Å². The number of nitrogens with one attached hydrogen (secondary N) is 1. The Bertz CT molecular complexity index is 1120. The molecule has 0 bridgehead atoms. The van der Waals surface area contributed by atoms with E-state index in [4.69, 9.17) is 16.3 Å². The summed E-state index contributed by atoms with van der Waals surface area (Å²) in [6, 6.07) is 11.3. The van der Waals surface area contributed by atoms with Gasteiger partial charge in [-0.05, 0) is 36.4 Å². The second-order valence-corrected chi connectivity index (χ2v) is 6.98. The van der Waals surface area contributed by atoms with Gasteiger partial charge in [-0.15, -0.1) is 0 Å². The molecule has 0 spiro atoms. The van der Waals surface area contributed by atoms with Crippen molar-refractivity contribution in [1.82, 2.24) is 9.88 Å². The zero-order chi connectivity index (χ0) is 22.6. The number of ether oxygens (including phenoxy) is 1. The van der Waals surface area contributed by atoms with Crippen molar-refractivity contribution in [2.75, 3.05) is 25.5 Å². The molecule has 0 unspecified atom stereocenters. The molecule has 0 saturated heterocycles. The fourth-order valence-electron chi connectivity index (χ4n) is 2.81. The molecule has 162 valence electrons. The fourth-order valence-corrected chi connectivity index (χ4v) is 3.03. The van der Waals surface area contributed by atoms with Gasteiger partial charge in [0.2, 0.25) is 5.91 Å². The third kappa shape index (κ3) is 5.43. The van der Waals surface area contributed by atoms with Crippen molar-refractivity contribution in [2.45, 2.75) is 6.18 Å². The highest BCUT2D eigenvalue weighted by Gasteiger charge is 2.33. The Kier molecular flexibility index (Phi) is 6.65. The first-order chi connectivity index (χ1) is 14.7. The lowest BCUT2D eigenvalue weighted by Crippen LogP contribution is -2.37. The topological polar surface area (TPSA) is 71.5 Å². The molecule has 0 saturated carbocycles. The number of carbonyl (C=O) groups excluding carboxylic acids is 2. The minimum atomic E-state index is -4.62. The molecule has 3 rings (SSSR count). The number of pyridine rings is 1. The first kappa shape index (κ1) is 22.4. The number of halogens is 4. The van der Waals surface area contributed by atoms with E-state index in [1.165, 1.54) is 19.2 Å². The van der Waals surface area contributed by atoms with E-state index in [0.29, 0.717) is 21.7 Å². The molecule has 6 nitrogen and oxygen atoms in total. The number of anilines is 1. The summed E-state index contributed by atoms with van der Waals surface area (Å²) in [5.41, 5.74) is -0.870. The Hall–Kier alpha value is -3.33. The van der Waals surface area contributed by atoms with Crippen molar-refractivity contribution < 1.29 is 27.5 Å². The maximum Gasteiger partial charge on any atom is 0.418 e. The predicted molar refractivity (Wildman–Crippen MR) is 110 cm³/mol. The molecule has 1 aromatic heterocycles. The summed E-state index contributed by atoms with van der Waals surface area (Å²) in [6.45, 7) is -0.843. The molecule has 31 heavy (non-hydrogen) atoms. The molecule has 0 fully saturated rings. The average molecular weight is 452 g/mol. The van der Waals surface area contributed by atoms with Crippen LogP contribution in [0.25, 0.3) is 10.9 Å². The maximum atomic E-state index is 13.0. The third-order valence-corrected chi connectivity index (χ3v) is 4.67. The van der Waals surface area contributed by atoms with Crippen LogP contribution < -0.4 is 10.1 Å². The minimum Gasteiger partial charge on any atom is -0.481 e. The number of amides is 2. The van der Waals surface area contributed by atoms with Crippen molar-refractivity contribution >= 4 is 40.0 Å². The van der Waals surface area contributed by atoms with Gasteiger partial charge in [-0.1, -0.05) is 23.7 Å². The SMILES string of the molecule is CN(CC(=O)Nc1ccccc1C(F)(F)F)C(=O)COc1ccc(Cl)c2cccnc12. The number of hydrogen-bond donors (Lipinski definition) is 1. The highest BCUT2D eigenvalue weighted by atomic mass is 35.5. The lowest BCUT2D eigenvalue weighted by molar-refractivity contribution is -0.137. The molecule has 10 heteroatoms. The van der Waals surface area contributed by atoms with Gasteiger partial charge in [0, 0.05) is 18.6 Å². The van der Waals surface area contributed by atoms with Crippen LogP contribution in [0.15, 0.2) is 54.7 Å². The Morgan fingerprint density at radius 3 is 2.61 bits per heavy atom. The van der Waals surface area contributed by atoms with Gasteiger partial charge in [-0.25, -0.2) is 0 Å². The van der Waals surface area contributed by atoms with Crippen LogP contribution in [0, 0.1) is 0 Å². The molecule has 0 atom stereocenters. The van der Waals surface area contributed by atoms with Gasteiger partial charge >= 0.3 is 6.18 Å². The van der Waals surface area contributed by atoms with Crippen LogP contribution >= 0.6 is 11.6 Å². The Balaban J connectivity index is 1.61. The van der Waals surface area contributed by atoms with Crippen LogP contribution in [0.4, 0.5) is 18.9 Å². The monoisotopic (exact) mass is 451 g/mol. The number of alkyl halides is 3. The smallest absolute Gasteiger partial charge is 0.418 e. The number of para-hydroxylation sites is 1. The number of aromatic nitrogens is 1. The highest BCUT2D eigenvalue weighted by Crippen LogP contribution is 2.34. The molecule has 0 aliphatic rings. The summed E-state index contributed by atoms with van der Waals surface area (Å²) >= 11 is 6.12. The Labute approximate surface area is 180 Å². The Morgan fingerprint density at radius 2 is 1.87 bits per heavy atom. The maximum absolute atomic E-state index is 13.0. The van der Waals surface area contributed by atoms with Crippen LogP contribution in [-0.2, 0) is 15.8 Å².